The summed E-state index contributed by atoms with van der Waals surface area (Å²) in [6.07, 6.45) is -1.64. The van der Waals surface area contributed by atoms with Crippen molar-refractivity contribution < 1.29 is 18.3 Å². The molecule has 29 heavy (non-hydrogen) atoms. The van der Waals surface area contributed by atoms with E-state index in [0.717, 1.165) is 24.8 Å². The molecule has 1 fully saturated rings. The summed E-state index contributed by atoms with van der Waals surface area (Å²) in [5, 5.41) is 20.9. The zero-order valence-corrected chi connectivity index (χ0v) is 20.1. The first-order valence-electron chi connectivity index (χ1n) is 9.76. The minimum Gasteiger partial charge on any atom is -0.383 e. The highest BCUT2D eigenvalue weighted by atomic mass is 127. The van der Waals surface area contributed by atoms with Crippen LogP contribution in [0, 0.1) is 5.92 Å². The van der Waals surface area contributed by atoms with Crippen molar-refractivity contribution in [3.05, 3.63) is 22.4 Å². The molecule has 1 aliphatic rings. The number of nitrogens with one attached hydrogen (secondary N) is 2. The Kier molecular flexibility index (Phi) is 11.2. The van der Waals surface area contributed by atoms with E-state index in [9.17, 15) is 18.3 Å². The van der Waals surface area contributed by atoms with Crippen molar-refractivity contribution in [1.82, 2.24) is 15.5 Å². The first-order valence-corrected chi connectivity index (χ1v) is 10.7. The van der Waals surface area contributed by atoms with Gasteiger partial charge in [0.15, 0.2) is 5.96 Å². The predicted octanol–water partition coefficient (Wildman–Crippen LogP) is 3.79. The van der Waals surface area contributed by atoms with Gasteiger partial charge in [0.25, 0.3) is 0 Å². The van der Waals surface area contributed by atoms with Gasteiger partial charge >= 0.3 is 6.18 Å². The van der Waals surface area contributed by atoms with Crippen LogP contribution in [0.1, 0.15) is 38.7 Å². The van der Waals surface area contributed by atoms with E-state index in [2.05, 4.69) is 15.6 Å². The van der Waals surface area contributed by atoms with Crippen LogP contribution in [-0.4, -0.2) is 61.4 Å². The fourth-order valence-electron chi connectivity index (χ4n) is 3.32. The zero-order chi connectivity index (χ0) is 20.6. The SMILES string of the molecule is CCNC(=NCC(C)(O)c1ccsc1)NCCC1CCN(CC(F)(F)F)CC1.I. The fourth-order valence-corrected chi connectivity index (χ4v) is 4.10. The Morgan fingerprint density at radius 3 is 2.55 bits per heavy atom. The van der Waals surface area contributed by atoms with Crippen LogP contribution < -0.4 is 10.6 Å². The third kappa shape index (κ3) is 9.84. The molecule has 0 spiro atoms. The van der Waals surface area contributed by atoms with Crippen LogP contribution in [-0.2, 0) is 5.60 Å². The van der Waals surface area contributed by atoms with Crippen LogP contribution in [0.5, 0.6) is 0 Å². The van der Waals surface area contributed by atoms with Crippen molar-refractivity contribution in [2.45, 2.75) is 44.9 Å². The smallest absolute Gasteiger partial charge is 0.383 e. The molecule has 1 aromatic heterocycles. The highest BCUT2D eigenvalue weighted by Gasteiger charge is 2.32. The van der Waals surface area contributed by atoms with Crippen LogP contribution >= 0.6 is 35.3 Å². The van der Waals surface area contributed by atoms with Crippen molar-refractivity contribution in [1.29, 1.82) is 0 Å². The average molecular weight is 548 g/mol. The summed E-state index contributed by atoms with van der Waals surface area (Å²) >= 11 is 1.54. The van der Waals surface area contributed by atoms with E-state index < -0.39 is 18.3 Å². The predicted molar refractivity (Wildman–Crippen MR) is 123 cm³/mol. The molecule has 0 bridgehead atoms. The maximum atomic E-state index is 12.5. The number of halogens is 4. The van der Waals surface area contributed by atoms with Gasteiger partial charge in [-0.05, 0) is 74.5 Å². The van der Waals surface area contributed by atoms with E-state index in [1.54, 1.807) is 6.92 Å². The minimum absolute atomic E-state index is 0. The second-order valence-electron chi connectivity index (χ2n) is 7.53. The normalized spacial score (nSPS) is 18.8. The Hall–Kier alpha value is -0.590. The van der Waals surface area contributed by atoms with Gasteiger partial charge in [-0.15, -0.1) is 24.0 Å². The lowest BCUT2D eigenvalue weighted by Gasteiger charge is -2.32. The van der Waals surface area contributed by atoms with E-state index >= 15 is 0 Å². The van der Waals surface area contributed by atoms with Gasteiger partial charge in [0, 0.05) is 13.1 Å². The second-order valence-corrected chi connectivity index (χ2v) is 8.31. The Morgan fingerprint density at radius 1 is 1.31 bits per heavy atom. The molecule has 3 N–H and O–H groups in total. The van der Waals surface area contributed by atoms with Gasteiger partial charge in [-0.1, -0.05) is 0 Å². The molecule has 0 aromatic carbocycles. The number of nitrogens with zero attached hydrogens (tertiary/aromatic N) is 2. The molecular formula is C19H32F3IN4OS. The number of aliphatic hydroxyl groups is 1. The summed E-state index contributed by atoms with van der Waals surface area (Å²) in [5.74, 6) is 1.07. The fraction of sp³-hybridized carbons (Fsp3) is 0.737. The molecule has 1 saturated heterocycles. The van der Waals surface area contributed by atoms with Crippen LogP contribution in [0.2, 0.25) is 0 Å². The largest absolute Gasteiger partial charge is 0.401 e. The van der Waals surface area contributed by atoms with Gasteiger partial charge in [-0.2, -0.15) is 24.5 Å². The molecular weight excluding hydrogens is 516 g/mol. The molecule has 2 heterocycles. The summed E-state index contributed by atoms with van der Waals surface area (Å²) in [7, 11) is 0. The van der Waals surface area contributed by atoms with Gasteiger partial charge < -0.3 is 15.7 Å². The highest BCUT2D eigenvalue weighted by molar-refractivity contribution is 14.0. The van der Waals surface area contributed by atoms with E-state index in [-0.39, 0.29) is 30.5 Å². The number of rotatable bonds is 8. The quantitative estimate of drug-likeness (QED) is 0.263. The number of piperidine rings is 1. The molecule has 5 nitrogen and oxygen atoms in total. The lowest BCUT2D eigenvalue weighted by atomic mass is 9.93. The first-order chi connectivity index (χ1) is 13.2. The Labute approximate surface area is 192 Å². The number of hydrogen-bond acceptors (Lipinski definition) is 4. The molecule has 0 saturated carbocycles. The first kappa shape index (κ1) is 26.4. The minimum atomic E-state index is -4.12. The van der Waals surface area contributed by atoms with Crippen LogP contribution in [0.4, 0.5) is 13.2 Å². The molecule has 2 rings (SSSR count). The number of aliphatic imine (C=N–C) groups is 1. The number of alkyl halides is 3. The van der Waals surface area contributed by atoms with E-state index in [0.29, 0.717) is 38.1 Å². The molecule has 0 amide bonds. The summed E-state index contributed by atoms with van der Waals surface area (Å²) in [4.78, 5) is 5.98. The zero-order valence-electron chi connectivity index (χ0n) is 17.0. The molecule has 10 heteroatoms. The topological polar surface area (TPSA) is 59.9 Å². The van der Waals surface area contributed by atoms with Crippen LogP contribution in [0.25, 0.3) is 0 Å². The molecule has 1 unspecified atom stereocenters. The average Bonchev–Trinajstić information content (AvgIpc) is 3.15. The summed E-state index contributed by atoms with van der Waals surface area (Å²) in [5.41, 5.74) is -0.170. The third-order valence-corrected chi connectivity index (χ3v) is 5.67. The van der Waals surface area contributed by atoms with Crippen molar-refractivity contribution in [2.75, 3.05) is 39.3 Å². The van der Waals surface area contributed by atoms with E-state index in [4.69, 9.17) is 0 Å². The number of hydrogen-bond donors (Lipinski definition) is 3. The molecule has 0 radical (unpaired) electrons. The lowest BCUT2D eigenvalue weighted by molar-refractivity contribution is -0.148. The van der Waals surface area contributed by atoms with Gasteiger partial charge in [0.05, 0.1) is 13.1 Å². The standard InChI is InChI=1S/C19H31F3N4OS.HI/c1-3-23-17(25-13-18(2,27)16-7-11-28-12-16)24-8-4-15-5-9-26(10-6-15)14-19(20,21)22;/h7,11-12,15,27H,3-6,8-10,13-14H2,1-2H3,(H2,23,24,25);1H. The molecule has 1 aliphatic heterocycles. The summed E-state index contributed by atoms with van der Waals surface area (Å²) in [6, 6.07) is 1.89. The van der Waals surface area contributed by atoms with Crippen molar-refractivity contribution in [3.63, 3.8) is 0 Å². The Balaban J connectivity index is 0.00000420. The van der Waals surface area contributed by atoms with Gasteiger partial charge in [-0.25, -0.2) is 4.99 Å². The van der Waals surface area contributed by atoms with Gasteiger partial charge in [0.1, 0.15) is 5.60 Å². The van der Waals surface area contributed by atoms with Gasteiger partial charge in [-0.3, -0.25) is 4.90 Å². The summed E-state index contributed by atoms with van der Waals surface area (Å²) in [6.45, 7) is 5.58. The van der Waals surface area contributed by atoms with Gasteiger partial charge in [0.2, 0.25) is 0 Å². The number of guanidine groups is 1. The highest BCUT2D eigenvalue weighted by Crippen LogP contribution is 2.24. The molecule has 168 valence electrons. The number of likely N-dealkylation sites (tertiary alicyclic amines) is 1. The lowest BCUT2D eigenvalue weighted by Crippen LogP contribution is -2.42. The maximum absolute atomic E-state index is 12.5. The maximum Gasteiger partial charge on any atom is 0.401 e. The van der Waals surface area contributed by atoms with Crippen LogP contribution in [0.15, 0.2) is 21.8 Å². The van der Waals surface area contributed by atoms with Crippen molar-refractivity contribution in [2.24, 2.45) is 10.9 Å². The van der Waals surface area contributed by atoms with Crippen molar-refractivity contribution in [3.8, 4) is 0 Å². The Morgan fingerprint density at radius 2 is 2.00 bits per heavy atom. The van der Waals surface area contributed by atoms with Crippen molar-refractivity contribution >= 4 is 41.3 Å². The van der Waals surface area contributed by atoms with E-state index in [1.807, 2.05) is 23.8 Å². The summed E-state index contributed by atoms with van der Waals surface area (Å²) < 4.78 is 37.4. The van der Waals surface area contributed by atoms with Crippen LogP contribution in [0.3, 0.4) is 0 Å². The molecule has 1 atom stereocenters. The monoisotopic (exact) mass is 548 g/mol. The third-order valence-electron chi connectivity index (χ3n) is 4.99. The molecule has 1 aromatic rings. The number of thiophene rings is 1. The molecule has 0 aliphatic carbocycles. The van der Waals surface area contributed by atoms with E-state index in [1.165, 1.54) is 16.2 Å². The second kappa shape index (κ2) is 12.3. The Bertz CT molecular complexity index is 603.